The quantitative estimate of drug-likeness (QED) is 0.657. The van der Waals surface area contributed by atoms with E-state index in [1.54, 1.807) is 25.3 Å². The molecule has 0 bridgehead atoms. The van der Waals surface area contributed by atoms with E-state index in [0.717, 1.165) is 24.2 Å². The molecule has 2 heterocycles. The number of nitrogens with zero attached hydrogens (tertiary/aromatic N) is 3. The molecule has 150 valence electrons. The topological polar surface area (TPSA) is 68.5 Å². The Hall–Kier alpha value is -3.22. The van der Waals surface area contributed by atoms with Crippen molar-refractivity contribution in [3.63, 3.8) is 0 Å². The van der Waals surface area contributed by atoms with Crippen molar-refractivity contribution in [3.8, 4) is 17.1 Å². The van der Waals surface area contributed by atoms with Crippen LogP contribution in [0.3, 0.4) is 0 Å². The number of hydrogen-bond donors (Lipinski definition) is 0. The van der Waals surface area contributed by atoms with E-state index in [9.17, 15) is 9.18 Å². The van der Waals surface area contributed by atoms with E-state index < -0.39 is 0 Å². The van der Waals surface area contributed by atoms with Gasteiger partial charge in [0.15, 0.2) is 0 Å². The van der Waals surface area contributed by atoms with Gasteiger partial charge in [0.25, 0.3) is 0 Å². The van der Waals surface area contributed by atoms with Crippen LogP contribution in [-0.2, 0) is 11.2 Å². The maximum atomic E-state index is 13.9. The number of benzene rings is 2. The van der Waals surface area contributed by atoms with Crippen molar-refractivity contribution in [1.29, 1.82) is 0 Å². The Morgan fingerprint density at radius 1 is 1.17 bits per heavy atom. The summed E-state index contributed by atoms with van der Waals surface area (Å²) in [5.41, 5.74) is 1.29. The highest BCUT2D eigenvalue weighted by atomic mass is 19.1. The summed E-state index contributed by atoms with van der Waals surface area (Å²) in [7, 11) is 1.62. The van der Waals surface area contributed by atoms with Crippen molar-refractivity contribution in [2.45, 2.75) is 25.2 Å². The normalized spacial score (nSPS) is 14.8. The zero-order chi connectivity index (χ0) is 20.2. The maximum Gasteiger partial charge on any atom is 0.230 e. The van der Waals surface area contributed by atoms with Gasteiger partial charge in [-0.1, -0.05) is 29.4 Å². The predicted molar refractivity (Wildman–Crippen MR) is 105 cm³/mol. The van der Waals surface area contributed by atoms with Gasteiger partial charge in [0, 0.05) is 19.0 Å². The highest BCUT2D eigenvalue weighted by Gasteiger charge is 2.28. The van der Waals surface area contributed by atoms with Crippen LogP contribution in [0.1, 0.15) is 30.2 Å². The maximum absolute atomic E-state index is 13.9. The van der Waals surface area contributed by atoms with Gasteiger partial charge < -0.3 is 14.2 Å². The number of hydrogen-bond acceptors (Lipinski definition) is 5. The molecule has 0 saturated carbocycles. The van der Waals surface area contributed by atoms with Crippen LogP contribution in [-0.4, -0.2) is 41.1 Å². The van der Waals surface area contributed by atoms with E-state index in [1.807, 2.05) is 29.2 Å². The molecule has 0 radical (unpaired) electrons. The molecule has 1 aliphatic rings. The Morgan fingerprint density at radius 2 is 1.90 bits per heavy atom. The van der Waals surface area contributed by atoms with Gasteiger partial charge in [0.2, 0.25) is 17.6 Å². The Morgan fingerprint density at radius 3 is 2.59 bits per heavy atom. The third-order valence-corrected chi connectivity index (χ3v) is 5.27. The molecule has 0 N–H and O–H groups in total. The van der Waals surface area contributed by atoms with E-state index in [1.165, 1.54) is 6.07 Å². The molecule has 29 heavy (non-hydrogen) atoms. The average molecular weight is 395 g/mol. The van der Waals surface area contributed by atoms with Gasteiger partial charge in [-0.3, -0.25) is 4.79 Å². The van der Waals surface area contributed by atoms with Crippen molar-refractivity contribution >= 4 is 5.91 Å². The highest BCUT2D eigenvalue weighted by Crippen LogP contribution is 2.29. The van der Waals surface area contributed by atoms with Crippen LogP contribution in [0.15, 0.2) is 53.1 Å². The van der Waals surface area contributed by atoms with Gasteiger partial charge >= 0.3 is 0 Å². The van der Waals surface area contributed by atoms with Gasteiger partial charge in [-0.15, -0.1) is 0 Å². The minimum absolute atomic E-state index is 0.0769. The average Bonchev–Trinajstić information content (AvgIpc) is 3.25. The predicted octanol–water partition coefficient (Wildman–Crippen LogP) is 3.83. The number of likely N-dealkylation sites (tertiary alicyclic amines) is 1. The molecule has 1 saturated heterocycles. The third kappa shape index (κ3) is 4.29. The summed E-state index contributed by atoms with van der Waals surface area (Å²) in [6, 6.07) is 13.9. The van der Waals surface area contributed by atoms with E-state index in [-0.39, 0.29) is 23.5 Å². The van der Waals surface area contributed by atoms with E-state index in [0.29, 0.717) is 31.0 Å². The lowest BCUT2D eigenvalue weighted by Gasteiger charge is -2.30. The summed E-state index contributed by atoms with van der Waals surface area (Å²) in [6.07, 6.45) is 1.85. The second kappa shape index (κ2) is 8.43. The van der Waals surface area contributed by atoms with Gasteiger partial charge in [0.05, 0.1) is 19.1 Å². The molecule has 7 heteroatoms. The number of amides is 1. The number of piperidine rings is 1. The summed E-state index contributed by atoms with van der Waals surface area (Å²) >= 11 is 0. The fourth-order valence-electron chi connectivity index (χ4n) is 3.56. The van der Waals surface area contributed by atoms with Crippen LogP contribution in [0.4, 0.5) is 4.39 Å². The molecular weight excluding hydrogens is 373 g/mol. The number of methoxy groups -OCH3 is 1. The van der Waals surface area contributed by atoms with E-state index in [2.05, 4.69) is 10.1 Å². The second-order valence-corrected chi connectivity index (χ2v) is 7.12. The Labute approximate surface area is 168 Å². The first-order valence-corrected chi connectivity index (χ1v) is 9.63. The summed E-state index contributed by atoms with van der Waals surface area (Å²) < 4.78 is 24.4. The van der Waals surface area contributed by atoms with Crippen LogP contribution < -0.4 is 4.74 Å². The lowest BCUT2D eigenvalue weighted by atomic mass is 9.96. The zero-order valence-electron chi connectivity index (χ0n) is 16.2. The smallest absolute Gasteiger partial charge is 0.230 e. The molecule has 1 aliphatic heterocycles. The fraction of sp³-hybridized carbons (Fsp3) is 0.318. The summed E-state index contributed by atoms with van der Waals surface area (Å²) in [5, 5.41) is 3.93. The molecule has 3 aromatic rings. The number of carbonyl (C=O) groups is 1. The van der Waals surface area contributed by atoms with Crippen LogP contribution in [0, 0.1) is 5.82 Å². The first-order chi connectivity index (χ1) is 14.1. The first-order valence-electron chi connectivity index (χ1n) is 9.63. The molecule has 6 nitrogen and oxygen atoms in total. The molecule has 0 unspecified atom stereocenters. The molecule has 1 amide bonds. The van der Waals surface area contributed by atoms with Gasteiger partial charge in [0.1, 0.15) is 11.6 Å². The molecule has 1 aromatic heterocycles. The molecule has 1 fully saturated rings. The van der Waals surface area contributed by atoms with Crippen molar-refractivity contribution < 1.29 is 18.4 Å². The Bertz CT molecular complexity index is 979. The highest BCUT2D eigenvalue weighted by molar-refractivity contribution is 5.79. The first kappa shape index (κ1) is 19.1. The zero-order valence-corrected chi connectivity index (χ0v) is 16.2. The van der Waals surface area contributed by atoms with E-state index in [4.69, 9.17) is 9.26 Å². The molecule has 0 atom stereocenters. The summed E-state index contributed by atoms with van der Waals surface area (Å²) in [4.78, 5) is 18.8. The summed E-state index contributed by atoms with van der Waals surface area (Å²) in [5.74, 6) is 1.34. The van der Waals surface area contributed by atoms with Crippen molar-refractivity contribution in [2.24, 2.45) is 0 Å². The van der Waals surface area contributed by atoms with Crippen molar-refractivity contribution in [3.05, 3.63) is 65.8 Å². The van der Waals surface area contributed by atoms with Crippen LogP contribution in [0.25, 0.3) is 11.4 Å². The molecule has 0 aliphatic carbocycles. The van der Waals surface area contributed by atoms with Gasteiger partial charge in [-0.05, 0) is 42.7 Å². The van der Waals surface area contributed by atoms with Crippen LogP contribution in [0.2, 0.25) is 0 Å². The largest absolute Gasteiger partial charge is 0.497 e. The van der Waals surface area contributed by atoms with Gasteiger partial charge in [-0.25, -0.2) is 4.39 Å². The number of aromatic nitrogens is 2. The molecule has 4 rings (SSSR count). The standard InChI is InChI=1S/C22H22FN3O3/c1-28-17-8-6-15(7-9-17)14-20(27)26-12-10-16(11-13-26)22-24-21(25-29-22)18-4-2-3-5-19(18)23/h2-9,16H,10-14H2,1H3. The minimum Gasteiger partial charge on any atom is -0.497 e. The lowest BCUT2D eigenvalue weighted by molar-refractivity contribution is -0.131. The fourth-order valence-corrected chi connectivity index (χ4v) is 3.56. The third-order valence-electron chi connectivity index (χ3n) is 5.27. The number of halogens is 1. The Kier molecular flexibility index (Phi) is 5.55. The second-order valence-electron chi connectivity index (χ2n) is 7.12. The number of rotatable bonds is 5. The number of ether oxygens (including phenoxy) is 1. The van der Waals surface area contributed by atoms with Crippen LogP contribution >= 0.6 is 0 Å². The van der Waals surface area contributed by atoms with Crippen LogP contribution in [0.5, 0.6) is 5.75 Å². The SMILES string of the molecule is COc1ccc(CC(=O)N2CCC(c3nc(-c4ccccc4F)no3)CC2)cc1. The number of carbonyl (C=O) groups excluding carboxylic acids is 1. The monoisotopic (exact) mass is 395 g/mol. The van der Waals surface area contributed by atoms with Gasteiger partial charge in [-0.2, -0.15) is 4.98 Å². The summed E-state index contributed by atoms with van der Waals surface area (Å²) in [6.45, 7) is 1.27. The molecular formula is C22H22FN3O3. The lowest BCUT2D eigenvalue weighted by Crippen LogP contribution is -2.38. The van der Waals surface area contributed by atoms with E-state index >= 15 is 0 Å². The molecule has 2 aromatic carbocycles. The minimum atomic E-state index is -0.376. The van der Waals surface area contributed by atoms with Crippen molar-refractivity contribution in [1.82, 2.24) is 15.0 Å². The Balaban J connectivity index is 1.34. The molecule has 0 spiro atoms. The van der Waals surface area contributed by atoms with Crippen molar-refractivity contribution in [2.75, 3.05) is 20.2 Å².